The van der Waals surface area contributed by atoms with E-state index in [0.29, 0.717) is 28.4 Å². The Bertz CT molecular complexity index is 1150. The lowest BCUT2D eigenvalue weighted by Crippen LogP contribution is -2.23. The van der Waals surface area contributed by atoms with Crippen molar-refractivity contribution < 1.29 is 4.39 Å². The van der Waals surface area contributed by atoms with Gasteiger partial charge >= 0.3 is 0 Å². The molecule has 1 aliphatic heterocycles. The van der Waals surface area contributed by atoms with Gasteiger partial charge < -0.3 is 10.6 Å². The summed E-state index contributed by atoms with van der Waals surface area (Å²) < 4.78 is 16.7. The van der Waals surface area contributed by atoms with Crippen molar-refractivity contribution in [3.05, 3.63) is 46.2 Å². The monoisotopic (exact) mass is 443 g/mol. The van der Waals surface area contributed by atoms with Gasteiger partial charge in [0.15, 0.2) is 11.0 Å². The number of nitrogens with two attached hydrogens (primary N) is 1. The quantitative estimate of drug-likeness (QED) is 0.451. The van der Waals surface area contributed by atoms with E-state index < -0.39 is 0 Å². The molecule has 4 aromatic rings. The minimum Gasteiger partial charge on any atom is -0.399 e. The number of benzene rings is 1. The summed E-state index contributed by atoms with van der Waals surface area (Å²) in [6.07, 6.45) is 2.00. The molecule has 0 amide bonds. The first kappa shape index (κ1) is 19.4. The van der Waals surface area contributed by atoms with Crippen molar-refractivity contribution in [1.82, 2.24) is 25.2 Å². The van der Waals surface area contributed by atoms with Gasteiger partial charge in [0.1, 0.15) is 5.82 Å². The molecule has 156 valence electrons. The van der Waals surface area contributed by atoms with Crippen molar-refractivity contribution in [2.75, 3.05) is 23.7 Å². The fourth-order valence-electron chi connectivity index (χ4n) is 4.29. The van der Waals surface area contributed by atoms with E-state index in [1.807, 2.05) is 10.7 Å². The van der Waals surface area contributed by atoms with Crippen molar-refractivity contribution in [1.29, 1.82) is 0 Å². The highest BCUT2D eigenvalue weighted by molar-refractivity contribution is 7.22. The van der Waals surface area contributed by atoms with Crippen LogP contribution in [0.4, 0.5) is 15.2 Å². The van der Waals surface area contributed by atoms with Gasteiger partial charge in [-0.05, 0) is 52.8 Å². The number of nitrogens with zero attached hydrogens (tertiary/aromatic N) is 6. The topological polar surface area (TPSA) is 85.8 Å². The van der Waals surface area contributed by atoms with Gasteiger partial charge in [-0.1, -0.05) is 24.3 Å². The number of hydrogen-bond acceptors (Lipinski definition) is 8. The predicted molar refractivity (Wildman–Crippen MR) is 119 cm³/mol. The van der Waals surface area contributed by atoms with Crippen LogP contribution >= 0.6 is 22.7 Å². The first-order valence-corrected chi connectivity index (χ1v) is 11.7. The normalized spacial score (nSPS) is 17.8. The molecule has 10 heteroatoms. The Morgan fingerprint density at radius 3 is 3.07 bits per heavy atom. The molecule has 30 heavy (non-hydrogen) atoms. The summed E-state index contributed by atoms with van der Waals surface area (Å²) in [7, 11) is 0. The minimum absolute atomic E-state index is 0.270. The maximum absolute atomic E-state index is 14.2. The van der Waals surface area contributed by atoms with Crippen molar-refractivity contribution in [3.63, 3.8) is 0 Å². The lowest BCUT2D eigenvalue weighted by molar-refractivity contribution is 0.412. The molecule has 2 unspecified atom stereocenters. The molecule has 0 spiro atoms. The number of fused-ring (bicyclic) bond motifs is 1. The van der Waals surface area contributed by atoms with Crippen LogP contribution < -0.4 is 10.6 Å². The highest BCUT2D eigenvalue weighted by atomic mass is 32.1. The van der Waals surface area contributed by atoms with Crippen molar-refractivity contribution >= 4 is 43.7 Å². The molecule has 0 radical (unpaired) electrons. The van der Waals surface area contributed by atoms with Gasteiger partial charge in [-0.3, -0.25) is 0 Å². The van der Waals surface area contributed by atoms with Crippen molar-refractivity contribution in [2.24, 2.45) is 5.92 Å². The Labute approximate surface area is 181 Å². The average molecular weight is 444 g/mol. The van der Waals surface area contributed by atoms with Gasteiger partial charge in [0, 0.05) is 29.6 Å². The second-order valence-electron chi connectivity index (χ2n) is 7.63. The lowest BCUT2D eigenvalue weighted by Gasteiger charge is -2.22. The molecular weight excluding hydrogens is 421 g/mol. The van der Waals surface area contributed by atoms with Crippen LogP contribution in [0.2, 0.25) is 0 Å². The third-order valence-corrected chi connectivity index (χ3v) is 7.74. The molecule has 4 heterocycles. The zero-order valence-corrected chi connectivity index (χ0v) is 18.2. The fourth-order valence-corrected chi connectivity index (χ4v) is 5.96. The smallest absolute Gasteiger partial charge is 0.186 e. The van der Waals surface area contributed by atoms with Crippen LogP contribution in [-0.4, -0.2) is 38.3 Å². The summed E-state index contributed by atoms with van der Waals surface area (Å²) in [5.41, 5.74) is 6.80. The Morgan fingerprint density at radius 1 is 1.37 bits per heavy atom. The Morgan fingerprint density at radius 2 is 2.27 bits per heavy atom. The first-order valence-electron chi connectivity index (χ1n) is 10.0. The number of rotatable bonds is 6. The zero-order valence-electron chi connectivity index (χ0n) is 16.5. The number of hydrogen-bond donors (Lipinski definition) is 1. The van der Waals surface area contributed by atoms with E-state index in [1.165, 1.54) is 22.3 Å². The highest BCUT2D eigenvalue weighted by Gasteiger charge is 2.34. The fraction of sp³-hybridized carbons (Fsp3) is 0.400. The van der Waals surface area contributed by atoms with Gasteiger partial charge in [0.25, 0.3) is 0 Å². The summed E-state index contributed by atoms with van der Waals surface area (Å²) >= 11 is 3.11. The molecule has 1 fully saturated rings. The van der Waals surface area contributed by atoms with Crippen molar-refractivity contribution in [2.45, 2.75) is 32.2 Å². The van der Waals surface area contributed by atoms with E-state index in [0.717, 1.165) is 36.9 Å². The largest absolute Gasteiger partial charge is 0.399 e. The molecule has 2 N–H and O–H groups in total. The number of anilines is 2. The van der Waals surface area contributed by atoms with Gasteiger partial charge in [0.2, 0.25) is 0 Å². The van der Waals surface area contributed by atoms with Crippen LogP contribution in [-0.2, 0) is 6.54 Å². The second-order valence-corrected chi connectivity index (χ2v) is 9.64. The van der Waals surface area contributed by atoms with E-state index in [-0.39, 0.29) is 11.7 Å². The van der Waals surface area contributed by atoms with E-state index in [1.54, 1.807) is 17.4 Å². The number of thiophene rings is 1. The number of tetrazole rings is 1. The number of thiazole rings is 1. The molecule has 0 saturated carbocycles. The van der Waals surface area contributed by atoms with Crippen LogP contribution in [0.3, 0.4) is 0 Å². The zero-order chi connectivity index (χ0) is 20.7. The van der Waals surface area contributed by atoms with Crippen molar-refractivity contribution in [3.8, 4) is 0 Å². The number of nitrogen functional groups attached to an aromatic ring is 1. The van der Waals surface area contributed by atoms with Crippen LogP contribution in [0.25, 0.3) is 10.2 Å². The van der Waals surface area contributed by atoms with Gasteiger partial charge in [0.05, 0.1) is 16.8 Å². The Kier molecular flexibility index (Phi) is 5.11. The summed E-state index contributed by atoms with van der Waals surface area (Å²) in [6, 6.07) is 7.25. The van der Waals surface area contributed by atoms with E-state index in [9.17, 15) is 4.39 Å². The molecule has 5 rings (SSSR count). The van der Waals surface area contributed by atoms with Crippen LogP contribution in [0.5, 0.6) is 0 Å². The standard InChI is InChI=1S/C20H22FN7S2/c1-2-15(19-24-25-26-28(19)11-14-4-3-7-29-14)12-5-6-27(10-12)20-23-17-9-13(22)8-16(21)18(17)30-20/h3-4,7-9,12,15H,2,5-6,10-11,22H2,1H3. The van der Waals surface area contributed by atoms with E-state index >= 15 is 0 Å². The average Bonchev–Trinajstić information content (AvgIpc) is 3.50. The van der Waals surface area contributed by atoms with Gasteiger partial charge in [-0.15, -0.1) is 16.4 Å². The molecule has 0 bridgehead atoms. The minimum atomic E-state index is -0.302. The Balaban J connectivity index is 1.36. The van der Waals surface area contributed by atoms with Gasteiger partial charge in [-0.25, -0.2) is 14.1 Å². The summed E-state index contributed by atoms with van der Waals surface area (Å²) in [5.74, 6) is 1.33. The third-order valence-electron chi connectivity index (χ3n) is 5.74. The third kappa shape index (κ3) is 3.54. The summed E-state index contributed by atoms with van der Waals surface area (Å²) in [4.78, 5) is 8.14. The molecule has 0 aliphatic carbocycles. The molecule has 2 atom stereocenters. The molecule has 1 aromatic carbocycles. The van der Waals surface area contributed by atoms with E-state index in [4.69, 9.17) is 5.73 Å². The molecular formula is C20H22FN7S2. The molecule has 1 saturated heterocycles. The number of halogens is 1. The van der Waals surface area contributed by atoms with Gasteiger partial charge in [-0.2, -0.15) is 0 Å². The maximum atomic E-state index is 14.2. The summed E-state index contributed by atoms with van der Waals surface area (Å²) in [5, 5.41) is 15.5. The maximum Gasteiger partial charge on any atom is 0.186 e. The Hall–Kier alpha value is -2.59. The SMILES string of the molecule is CCC(c1nnnn1Cc1cccs1)C1CCN(c2nc3cc(N)cc(F)c3s2)C1. The molecule has 7 nitrogen and oxygen atoms in total. The lowest BCUT2D eigenvalue weighted by atomic mass is 9.88. The molecule has 1 aliphatic rings. The van der Waals surface area contributed by atoms with Crippen LogP contribution in [0.1, 0.15) is 36.4 Å². The highest BCUT2D eigenvalue weighted by Crippen LogP contribution is 2.39. The number of aromatic nitrogens is 5. The molecule has 3 aromatic heterocycles. The first-order chi connectivity index (χ1) is 14.6. The second kappa shape index (κ2) is 7.92. The van der Waals surface area contributed by atoms with E-state index in [2.05, 4.69) is 43.8 Å². The van der Waals surface area contributed by atoms with Crippen LogP contribution in [0, 0.1) is 11.7 Å². The van der Waals surface area contributed by atoms with Crippen LogP contribution in [0.15, 0.2) is 29.6 Å². The predicted octanol–water partition coefficient (Wildman–Crippen LogP) is 4.13. The summed E-state index contributed by atoms with van der Waals surface area (Å²) in [6.45, 7) is 4.64.